The molecule has 1 nitrogen and oxygen atoms in total. The predicted octanol–water partition coefficient (Wildman–Crippen LogP) is 4.65. The molecule has 0 spiro atoms. The van der Waals surface area contributed by atoms with Crippen LogP contribution in [0.2, 0.25) is 0 Å². The van der Waals surface area contributed by atoms with Crippen LogP contribution in [-0.4, -0.2) is 6.54 Å². The summed E-state index contributed by atoms with van der Waals surface area (Å²) in [5.41, 5.74) is 5.70. The van der Waals surface area contributed by atoms with Crippen molar-refractivity contribution in [2.24, 2.45) is 11.7 Å². The van der Waals surface area contributed by atoms with Crippen molar-refractivity contribution in [1.29, 1.82) is 0 Å². The zero-order valence-corrected chi connectivity index (χ0v) is 11.1. The minimum Gasteiger partial charge on any atom is -0.330 e. The lowest BCUT2D eigenvalue weighted by Gasteiger charge is -2.15. The Labute approximate surface area is 102 Å². The van der Waals surface area contributed by atoms with Crippen molar-refractivity contribution < 1.29 is 0 Å². The van der Waals surface area contributed by atoms with Gasteiger partial charge in [0.05, 0.1) is 0 Å². The Hall–Kier alpha value is -0.0400. The van der Waals surface area contributed by atoms with E-state index in [-0.39, 0.29) is 0 Å². The first-order valence-electron chi connectivity index (χ1n) is 7.63. The Balaban J connectivity index is 2.20. The fourth-order valence-corrected chi connectivity index (χ4v) is 2.95. The normalized spacial score (nSPS) is 23.1. The van der Waals surface area contributed by atoms with Gasteiger partial charge in [-0.15, -0.1) is 0 Å². The molecule has 0 atom stereocenters. The number of nitrogens with two attached hydrogens (primary N) is 1. The number of rotatable bonds is 2. The Morgan fingerprint density at radius 1 is 0.625 bits per heavy atom. The second-order valence-electron chi connectivity index (χ2n) is 5.56. The van der Waals surface area contributed by atoms with Gasteiger partial charge in [0.15, 0.2) is 0 Å². The molecule has 0 aliphatic heterocycles. The summed E-state index contributed by atoms with van der Waals surface area (Å²) < 4.78 is 0. The van der Waals surface area contributed by atoms with Crippen LogP contribution in [0.25, 0.3) is 0 Å². The Kier molecular flexibility index (Phi) is 8.88. The van der Waals surface area contributed by atoms with E-state index < -0.39 is 0 Å². The summed E-state index contributed by atoms with van der Waals surface area (Å²) in [7, 11) is 0. The summed E-state index contributed by atoms with van der Waals surface area (Å²) in [4.78, 5) is 0. The summed E-state index contributed by atoms with van der Waals surface area (Å²) in [6.07, 6.45) is 18.8. The molecule has 1 aliphatic rings. The maximum absolute atomic E-state index is 5.70. The average Bonchev–Trinajstić information content (AvgIpc) is 2.31. The summed E-state index contributed by atoms with van der Waals surface area (Å²) in [6, 6.07) is 0. The van der Waals surface area contributed by atoms with E-state index in [4.69, 9.17) is 5.73 Å². The quantitative estimate of drug-likeness (QED) is 0.727. The van der Waals surface area contributed by atoms with Crippen LogP contribution in [0.15, 0.2) is 0 Å². The van der Waals surface area contributed by atoms with E-state index >= 15 is 0 Å². The molecule has 0 unspecified atom stereocenters. The molecule has 1 saturated carbocycles. The van der Waals surface area contributed by atoms with Crippen LogP contribution in [0.5, 0.6) is 0 Å². The second-order valence-corrected chi connectivity index (χ2v) is 5.56. The lowest BCUT2D eigenvalue weighted by Crippen LogP contribution is -2.09. The third kappa shape index (κ3) is 7.27. The van der Waals surface area contributed by atoms with Crippen molar-refractivity contribution in [3.63, 3.8) is 0 Å². The third-order valence-corrected chi connectivity index (χ3v) is 4.05. The van der Waals surface area contributed by atoms with Gasteiger partial charge in [-0.1, -0.05) is 77.0 Å². The van der Waals surface area contributed by atoms with Gasteiger partial charge in [0, 0.05) is 0 Å². The van der Waals surface area contributed by atoms with Gasteiger partial charge in [-0.2, -0.15) is 0 Å². The highest BCUT2D eigenvalue weighted by Crippen LogP contribution is 2.22. The van der Waals surface area contributed by atoms with Crippen LogP contribution in [0, 0.1) is 5.92 Å². The topological polar surface area (TPSA) is 26.0 Å². The van der Waals surface area contributed by atoms with Gasteiger partial charge in [0.25, 0.3) is 0 Å². The van der Waals surface area contributed by atoms with Crippen molar-refractivity contribution in [3.05, 3.63) is 0 Å². The van der Waals surface area contributed by atoms with Crippen LogP contribution in [-0.2, 0) is 0 Å². The molecule has 1 rings (SSSR count). The molecule has 0 radical (unpaired) electrons. The Morgan fingerprint density at radius 2 is 1.00 bits per heavy atom. The first-order chi connectivity index (χ1) is 7.93. The second kappa shape index (κ2) is 10.1. The molecule has 0 aromatic rings. The van der Waals surface area contributed by atoms with Gasteiger partial charge in [-0.05, 0) is 18.9 Å². The summed E-state index contributed by atoms with van der Waals surface area (Å²) in [5.74, 6) is 0.936. The monoisotopic (exact) mass is 225 g/mol. The Bertz CT molecular complexity index is 130. The van der Waals surface area contributed by atoms with Crippen LogP contribution >= 0.6 is 0 Å². The largest absolute Gasteiger partial charge is 0.330 e. The van der Waals surface area contributed by atoms with Crippen LogP contribution in [0.3, 0.4) is 0 Å². The van der Waals surface area contributed by atoms with Crippen LogP contribution < -0.4 is 5.73 Å². The minimum atomic E-state index is 0.894. The molecule has 0 amide bonds. The molecule has 0 aromatic heterocycles. The molecular weight excluding hydrogens is 194 g/mol. The van der Waals surface area contributed by atoms with Crippen molar-refractivity contribution in [3.8, 4) is 0 Å². The SMILES string of the molecule is NCCC1CCCCCCCCCCCC1. The molecule has 0 aromatic carbocycles. The summed E-state index contributed by atoms with van der Waals surface area (Å²) in [6.45, 7) is 0.894. The molecule has 16 heavy (non-hydrogen) atoms. The van der Waals surface area contributed by atoms with Gasteiger partial charge < -0.3 is 5.73 Å². The van der Waals surface area contributed by atoms with E-state index in [9.17, 15) is 0 Å². The maximum Gasteiger partial charge on any atom is -0.00746 e. The van der Waals surface area contributed by atoms with Gasteiger partial charge in [0.1, 0.15) is 0 Å². The molecule has 1 heteroatoms. The lowest BCUT2D eigenvalue weighted by atomic mass is 9.92. The molecule has 0 saturated heterocycles. The highest BCUT2D eigenvalue weighted by Gasteiger charge is 2.07. The molecule has 96 valence electrons. The standard InChI is InChI=1S/C15H31N/c16-14-13-15-11-9-7-5-3-1-2-4-6-8-10-12-15/h15H,1-14,16H2. The van der Waals surface area contributed by atoms with E-state index in [1.54, 1.807) is 0 Å². The highest BCUT2D eigenvalue weighted by molar-refractivity contribution is 4.62. The van der Waals surface area contributed by atoms with E-state index in [1.165, 1.54) is 83.5 Å². The predicted molar refractivity (Wildman–Crippen MR) is 72.6 cm³/mol. The molecule has 0 heterocycles. The van der Waals surface area contributed by atoms with Crippen molar-refractivity contribution in [2.45, 2.75) is 83.5 Å². The third-order valence-electron chi connectivity index (χ3n) is 4.05. The first kappa shape index (κ1) is 14.0. The van der Waals surface area contributed by atoms with Gasteiger partial charge in [-0.25, -0.2) is 0 Å². The zero-order chi connectivity index (χ0) is 11.5. The van der Waals surface area contributed by atoms with Gasteiger partial charge >= 0.3 is 0 Å². The molecule has 2 N–H and O–H groups in total. The smallest absolute Gasteiger partial charge is 0.00746 e. The van der Waals surface area contributed by atoms with E-state index in [2.05, 4.69) is 0 Å². The van der Waals surface area contributed by atoms with Crippen molar-refractivity contribution >= 4 is 0 Å². The van der Waals surface area contributed by atoms with E-state index in [0.29, 0.717) is 0 Å². The van der Waals surface area contributed by atoms with Crippen LogP contribution in [0.4, 0.5) is 0 Å². The van der Waals surface area contributed by atoms with Crippen molar-refractivity contribution in [1.82, 2.24) is 0 Å². The molecule has 1 fully saturated rings. The van der Waals surface area contributed by atoms with E-state index in [1.807, 2.05) is 0 Å². The van der Waals surface area contributed by atoms with E-state index in [0.717, 1.165) is 12.5 Å². The first-order valence-corrected chi connectivity index (χ1v) is 7.63. The van der Waals surface area contributed by atoms with Gasteiger partial charge in [0.2, 0.25) is 0 Å². The number of hydrogen-bond donors (Lipinski definition) is 1. The zero-order valence-electron chi connectivity index (χ0n) is 11.1. The molecule has 0 bridgehead atoms. The van der Waals surface area contributed by atoms with Crippen LogP contribution in [0.1, 0.15) is 83.5 Å². The minimum absolute atomic E-state index is 0.894. The lowest BCUT2D eigenvalue weighted by molar-refractivity contribution is 0.388. The average molecular weight is 225 g/mol. The van der Waals surface area contributed by atoms with Gasteiger partial charge in [-0.3, -0.25) is 0 Å². The fourth-order valence-electron chi connectivity index (χ4n) is 2.95. The van der Waals surface area contributed by atoms with Crippen molar-refractivity contribution in [2.75, 3.05) is 6.54 Å². The Morgan fingerprint density at radius 3 is 1.38 bits per heavy atom. The fraction of sp³-hybridized carbons (Fsp3) is 1.00. The maximum atomic E-state index is 5.70. The summed E-state index contributed by atoms with van der Waals surface area (Å²) >= 11 is 0. The molecular formula is C15H31N. The summed E-state index contributed by atoms with van der Waals surface area (Å²) in [5, 5.41) is 0. The number of hydrogen-bond acceptors (Lipinski definition) is 1. The highest BCUT2D eigenvalue weighted by atomic mass is 14.5. The molecule has 1 aliphatic carbocycles.